The minimum Gasteiger partial charge on any atom is -0.394 e. The number of imide groups is 1. The van der Waals surface area contributed by atoms with Gasteiger partial charge in [-0.25, -0.2) is 0 Å². The van der Waals surface area contributed by atoms with Gasteiger partial charge in [-0.2, -0.15) is 0 Å². The summed E-state index contributed by atoms with van der Waals surface area (Å²) in [6.07, 6.45) is -5.40. The average Bonchev–Trinajstić information content (AvgIpc) is 2.79. The van der Waals surface area contributed by atoms with Crippen LogP contribution in [0.5, 0.6) is 0 Å². The second-order valence-corrected chi connectivity index (χ2v) is 4.88. The summed E-state index contributed by atoms with van der Waals surface area (Å²) in [6.45, 7) is -0.855. The fourth-order valence-corrected chi connectivity index (χ4v) is 2.31. The molecule has 0 saturated heterocycles. The number of aldehydes is 1. The predicted octanol–water partition coefficient (Wildman–Crippen LogP) is -2.07. The first-order valence-electron chi connectivity index (χ1n) is 6.51. The van der Waals surface area contributed by atoms with Crippen LogP contribution in [0.2, 0.25) is 0 Å². The van der Waals surface area contributed by atoms with Crippen molar-refractivity contribution < 1.29 is 34.8 Å². The molecule has 8 heteroatoms. The number of fused-ring (bicyclic) bond motifs is 1. The van der Waals surface area contributed by atoms with Crippen molar-refractivity contribution in [3.63, 3.8) is 0 Å². The third kappa shape index (κ3) is 2.53. The molecule has 1 heterocycles. The number of carbonyl (C=O) groups is 3. The van der Waals surface area contributed by atoms with Gasteiger partial charge in [0, 0.05) is 0 Å². The van der Waals surface area contributed by atoms with Crippen LogP contribution in [0.1, 0.15) is 20.7 Å². The molecule has 0 aliphatic carbocycles. The van der Waals surface area contributed by atoms with Gasteiger partial charge in [-0.3, -0.25) is 14.5 Å². The van der Waals surface area contributed by atoms with Crippen LogP contribution in [0.4, 0.5) is 0 Å². The maximum absolute atomic E-state index is 12.2. The largest absolute Gasteiger partial charge is 0.394 e. The lowest BCUT2D eigenvalue weighted by Gasteiger charge is -2.30. The SMILES string of the molecule is O=C[C@@H]([C@@H](O)[C@H](O)[C@H](O)CO)N1C(=O)c2ccccc2C1=O. The topological polar surface area (TPSA) is 135 Å². The van der Waals surface area contributed by atoms with Gasteiger partial charge in [0.25, 0.3) is 11.8 Å². The van der Waals surface area contributed by atoms with E-state index in [1.807, 2.05) is 0 Å². The second-order valence-electron chi connectivity index (χ2n) is 4.88. The highest BCUT2D eigenvalue weighted by atomic mass is 16.4. The molecular weight excluding hydrogens is 294 g/mol. The van der Waals surface area contributed by atoms with E-state index in [2.05, 4.69) is 0 Å². The van der Waals surface area contributed by atoms with Gasteiger partial charge >= 0.3 is 0 Å². The molecule has 22 heavy (non-hydrogen) atoms. The molecule has 2 rings (SSSR count). The lowest BCUT2D eigenvalue weighted by Crippen LogP contribution is -2.55. The number of aliphatic hydroxyl groups excluding tert-OH is 4. The zero-order valence-electron chi connectivity index (χ0n) is 11.4. The molecule has 0 aromatic heterocycles. The molecule has 0 bridgehead atoms. The number of benzene rings is 1. The van der Waals surface area contributed by atoms with Crippen molar-refractivity contribution in [3.8, 4) is 0 Å². The van der Waals surface area contributed by atoms with E-state index in [0.717, 1.165) is 0 Å². The zero-order valence-corrected chi connectivity index (χ0v) is 11.4. The Kier molecular flexibility index (Phi) is 4.67. The molecule has 1 aromatic carbocycles. The Morgan fingerprint density at radius 2 is 1.50 bits per heavy atom. The Bertz CT molecular complexity index is 568. The Balaban J connectivity index is 2.32. The van der Waals surface area contributed by atoms with Crippen LogP contribution in [0.3, 0.4) is 0 Å². The summed E-state index contributed by atoms with van der Waals surface area (Å²) in [5.41, 5.74) is 0.174. The maximum atomic E-state index is 12.2. The van der Waals surface area contributed by atoms with Gasteiger partial charge in [0.05, 0.1) is 17.7 Å². The zero-order chi connectivity index (χ0) is 16.4. The Morgan fingerprint density at radius 1 is 1.00 bits per heavy atom. The van der Waals surface area contributed by atoms with E-state index in [0.29, 0.717) is 4.90 Å². The highest BCUT2D eigenvalue weighted by Crippen LogP contribution is 2.25. The van der Waals surface area contributed by atoms with Crippen molar-refractivity contribution in [2.75, 3.05) is 6.61 Å². The number of aliphatic hydroxyl groups is 4. The summed E-state index contributed by atoms with van der Waals surface area (Å²) in [6, 6.07) is 4.23. The molecule has 4 N–H and O–H groups in total. The summed E-state index contributed by atoms with van der Waals surface area (Å²) in [4.78, 5) is 36.2. The molecular formula is C14H15NO7. The molecule has 0 radical (unpaired) electrons. The first-order chi connectivity index (χ1) is 10.4. The van der Waals surface area contributed by atoms with Crippen molar-refractivity contribution in [1.29, 1.82) is 0 Å². The summed E-state index contributed by atoms with van der Waals surface area (Å²) in [5.74, 6) is -1.55. The van der Waals surface area contributed by atoms with Gasteiger partial charge in [-0.15, -0.1) is 0 Å². The quantitative estimate of drug-likeness (QED) is 0.350. The molecule has 8 nitrogen and oxygen atoms in total. The number of hydrogen-bond acceptors (Lipinski definition) is 7. The molecule has 4 atom stereocenters. The minimum atomic E-state index is -1.93. The summed E-state index contributed by atoms with van der Waals surface area (Å²) in [7, 11) is 0. The van der Waals surface area contributed by atoms with Crippen molar-refractivity contribution >= 4 is 18.1 Å². The third-order valence-electron chi connectivity index (χ3n) is 3.54. The fourth-order valence-electron chi connectivity index (χ4n) is 2.31. The standard InChI is InChI=1S/C14H15NO7/c16-5-9(11(19)12(20)10(18)6-17)15-13(21)7-3-1-2-4-8(7)14(15)22/h1-5,9-12,17-20H,6H2/t9-,10+,11+,12+/m0/s1. The van der Waals surface area contributed by atoms with E-state index in [4.69, 9.17) is 5.11 Å². The molecule has 2 amide bonds. The van der Waals surface area contributed by atoms with E-state index < -0.39 is 42.8 Å². The van der Waals surface area contributed by atoms with Crippen LogP contribution in [0.25, 0.3) is 0 Å². The van der Waals surface area contributed by atoms with Crippen molar-refractivity contribution in [3.05, 3.63) is 35.4 Å². The lowest BCUT2D eigenvalue weighted by molar-refractivity contribution is -0.124. The Labute approximate surface area is 125 Å². The molecule has 1 aliphatic heterocycles. The molecule has 0 spiro atoms. The molecule has 118 valence electrons. The van der Waals surface area contributed by atoms with E-state index in [1.54, 1.807) is 12.1 Å². The van der Waals surface area contributed by atoms with Crippen LogP contribution >= 0.6 is 0 Å². The van der Waals surface area contributed by atoms with Crippen LogP contribution in [-0.4, -0.2) is 74.4 Å². The van der Waals surface area contributed by atoms with Crippen LogP contribution in [-0.2, 0) is 4.79 Å². The molecule has 0 saturated carbocycles. The Morgan fingerprint density at radius 3 is 1.91 bits per heavy atom. The summed E-state index contributed by atoms with van der Waals surface area (Å²) in [5, 5.41) is 37.7. The minimum absolute atomic E-state index is 0.0868. The number of carbonyl (C=O) groups excluding carboxylic acids is 3. The normalized spacial score (nSPS) is 19.5. The summed E-state index contributed by atoms with van der Waals surface area (Å²) >= 11 is 0. The smallest absolute Gasteiger partial charge is 0.262 e. The van der Waals surface area contributed by atoms with Crippen LogP contribution < -0.4 is 0 Å². The molecule has 1 aliphatic rings. The van der Waals surface area contributed by atoms with E-state index in [-0.39, 0.29) is 17.4 Å². The number of amides is 2. The van der Waals surface area contributed by atoms with Crippen LogP contribution in [0, 0.1) is 0 Å². The van der Waals surface area contributed by atoms with Crippen LogP contribution in [0.15, 0.2) is 24.3 Å². The third-order valence-corrected chi connectivity index (χ3v) is 3.54. The average molecular weight is 309 g/mol. The number of rotatable bonds is 6. The van der Waals surface area contributed by atoms with Gasteiger partial charge in [-0.1, -0.05) is 12.1 Å². The van der Waals surface area contributed by atoms with Crippen molar-refractivity contribution in [1.82, 2.24) is 4.90 Å². The van der Waals surface area contributed by atoms with Gasteiger partial charge in [0.2, 0.25) is 0 Å². The van der Waals surface area contributed by atoms with E-state index >= 15 is 0 Å². The first-order valence-corrected chi connectivity index (χ1v) is 6.51. The maximum Gasteiger partial charge on any atom is 0.262 e. The monoisotopic (exact) mass is 309 g/mol. The number of nitrogens with zero attached hydrogens (tertiary/aromatic N) is 1. The number of hydrogen-bond donors (Lipinski definition) is 4. The van der Waals surface area contributed by atoms with E-state index in [9.17, 15) is 29.7 Å². The molecule has 0 unspecified atom stereocenters. The van der Waals surface area contributed by atoms with E-state index in [1.165, 1.54) is 12.1 Å². The highest BCUT2D eigenvalue weighted by molar-refractivity contribution is 6.22. The fraction of sp³-hybridized carbons (Fsp3) is 0.357. The van der Waals surface area contributed by atoms with Crippen molar-refractivity contribution in [2.24, 2.45) is 0 Å². The highest BCUT2D eigenvalue weighted by Gasteiger charge is 2.44. The Hall–Kier alpha value is -2.13. The predicted molar refractivity (Wildman–Crippen MR) is 71.9 cm³/mol. The molecule has 1 aromatic rings. The lowest BCUT2D eigenvalue weighted by atomic mass is 10.0. The van der Waals surface area contributed by atoms with Gasteiger partial charge in [0.1, 0.15) is 30.6 Å². The summed E-state index contributed by atoms with van der Waals surface area (Å²) < 4.78 is 0. The molecule has 0 fully saturated rings. The first kappa shape index (κ1) is 16.2. The van der Waals surface area contributed by atoms with Gasteiger partial charge in [-0.05, 0) is 12.1 Å². The van der Waals surface area contributed by atoms with Crippen molar-refractivity contribution in [2.45, 2.75) is 24.4 Å². The van der Waals surface area contributed by atoms with Gasteiger partial charge in [0.15, 0.2) is 0 Å². The van der Waals surface area contributed by atoms with Gasteiger partial charge < -0.3 is 25.2 Å². The second kappa shape index (κ2) is 6.32.